The second-order valence-electron chi connectivity index (χ2n) is 4.92. The minimum absolute atomic E-state index is 0.131. The van der Waals surface area contributed by atoms with Crippen LogP contribution in [0.15, 0.2) is 12.1 Å². The van der Waals surface area contributed by atoms with Crippen LogP contribution in [-0.4, -0.2) is 23.9 Å². The summed E-state index contributed by atoms with van der Waals surface area (Å²) in [4.78, 5) is 13.7. The summed E-state index contributed by atoms with van der Waals surface area (Å²) in [6.45, 7) is 3.22. The first-order chi connectivity index (χ1) is 9.02. The average molecular weight is 271 g/mol. The van der Waals surface area contributed by atoms with Gasteiger partial charge in [0.05, 0.1) is 0 Å². The molecule has 1 fully saturated rings. The van der Waals surface area contributed by atoms with Gasteiger partial charge in [-0.05, 0) is 30.9 Å². The largest absolute Gasteiger partial charge is 0.338 e. The summed E-state index contributed by atoms with van der Waals surface area (Å²) in [5.74, 6) is -4.20. The smallest absolute Gasteiger partial charge is 0.254 e. The molecule has 2 rings (SSSR count). The molecule has 104 valence electrons. The van der Waals surface area contributed by atoms with E-state index in [1.165, 1.54) is 0 Å². The molecule has 0 radical (unpaired) electrons. The average Bonchev–Trinajstić information content (AvgIpc) is 2.43. The summed E-state index contributed by atoms with van der Waals surface area (Å²) in [7, 11) is 0. The van der Waals surface area contributed by atoms with Crippen LogP contribution in [0.5, 0.6) is 0 Å². The Hall–Kier alpha value is -1.52. The van der Waals surface area contributed by atoms with Gasteiger partial charge in [0.25, 0.3) is 5.91 Å². The SMILES string of the molecule is CCC1CCCN(C(=O)c2cc(F)c(F)c(F)c2)C1. The van der Waals surface area contributed by atoms with Crippen molar-refractivity contribution >= 4 is 5.91 Å². The molecule has 1 aromatic carbocycles. The molecule has 5 heteroatoms. The molecule has 0 N–H and O–H groups in total. The lowest BCUT2D eigenvalue weighted by atomic mass is 9.95. The molecule has 1 unspecified atom stereocenters. The number of rotatable bonds is 2. The van der Waals surface area contributed by atoms with Gasteiger partial charge in [0.1, 0.15) is 0 Å². The van der Waals surface area contributed by atoms with Gasteiger partial charge in [0.15, 0.2) is 17.5 Å². The minimum Gasteiger partial charge on any atom is -0.338 e. The minimum atomic E-state index is -1.54. The fourth-order valence-electron chi connectivity index (χ4n) is 2.44. The lowest BCUT2D eigenvalue weighted by molar-refractivity contribution is 0.0670. The molecule has 1 amide bonds. The number of amides is 1. The Labute approximate surface area is 110 Å². The van der Waals surface area contributed by atoms with Crippen LogP contribution in [-0.2, 0) is 0 Å². The molecule has 1 aliphatic heterocycles. The van der Waals surface area contributed by atoms with Gasteiger partial charge in [-0.25, -0.2) is 13.2 Å². The highest BCUT2D eigenvalue weighted by atomic mass is 19.2. The molecular weight excluding hydrogens is 255 g/mol. The molecule has 19 heavy (non-hydrogen) atoms. The first-order valence-corrected chi connectivity index (χ1v) is 6.46. The summed E-state index contributed by atoms with van der Waals surface area (Å²) in [6, 6.07) is 1.52. The Morgan fingerprint density at radius 1 is 1.32 bits per heavy atom. The van der Waals surface area contributed by atoms with E-state index in [1.54, 1.807) is 4.90 Å². The predicted octanol–water partition coefficient (Wildman–Crippen LogP) is 3.37. The van der Waals surface area contributed by atoms with E-state index in [0.717, 1.165) is 31.4 Å². The number of hydrogen-bond acceptors (Lipinski definition) is 1. The summed E-state index contributed by atoms with van der Waals surface area (Å²) >= 11 is 0. The fraction of sp³-hybridized carbons (Fsp3) is 0.500. The van der Waals surface area contributed by atoms with Crippen LogP contribution in [0.3, 0.4) is 0 Å². The third-order valence-corrected chi connectivity index (χ3v) is 3.61. The van der Waals surface area contributed by atoms with Crippen LogP contribution in [0.4, 0.5) is 13.2 Å². The maximum absolute atomic E-state index is 13.1. The van der Waals surface area contributed by atoms with Crippen molar-refractivity contribution in [2.24, 2.45) is 5.92 Å². The molecule has 0 aliphatic carbocycles. The van der Waals surface area contributed by atoms with E-state index < -0.39 is 23.4 Å². The van der Waals surface area contributed by atoms with E-state index in [-0.39, 0.29) is 5.56 Å². The van der Waals surface area contributed by atoms with Crippen molar-refractivity contribution in [2.45, 2.75) is 26.2 Å². The molecule has 0 spiro atoms. The Kier molecular flexibility index (Phi) is 4.12. The zero-order valence-corrected chi connectivity index (χ0v) is 10.8. The predicted molar refractivity (Wildman–Crippen MR) is 65.2 cm³/mol. The van der Waals surface area contributed by atoms with E-state index in [0.29, 0.717) is 19.0 Å². The maximum Gasteiger partial charge on any atom is 0.254 e. The highest BCUT2D eigenvalue weighted by Gasteiger charge is 2.25. The van der Waals surface area contributed by atoms with Crippen LogP contribution >= 0.6 is 0 Å². The number of likely N-dealkylation sites (tertiary alicyclic amines) is 1. The van der Waals surface area contributed by atoms with Crippen molar-refractivity contribution < 1.29 is 18.0 Å². The van der Waals surface area contributed by atoms with Crippen molar-refractivity contribution in [1.29, 1.82) is 0 Å². The van der Waals surface area contributed by atoms with E-state index in [2.05, 4.69) is 6.92 Å². The normalized spacial score (nSPS) is 19.6. The number of hydrogen-bond donors (Lipinski definition) is 0. The van der Waals surface area contributed by atoms with E-state index in [9.17, 15) is 18.0 Å². The van der Waals surface area contributed by atoms with Crippen LogP contribution < -0.4 is 0 Å². The molecule has 2 nitrogen and oxygen atoms in total. The topological polar surface area (TPSA) is 20.3 Å². The number of halogens is 3. The van der Waals surface area contributed by atoms with Gasteiger partial charge in [0, 0.05) is 18.7 Å². The maximum atomic E-state index is 13.1. The zero-order valence-electron chi connectivity index (χ0n) is 10.8. The van der Waals surface area contributed by atoms with Crippen molar-refractivity contribution in [3.8, 4) is 0 Å². The van der Waals surface area contributed by atoms with E-state index >= 15 is 0 Å². The van der Waals surface area contributed by atoms with Crippen LogP contribution in [0.1, 0.15) is 36.5 Å². The Balaban J connectivity index is 2.19. The van der Waals surface area contributed by atoms with Crippen LogP contribution in [0.25, 0.3) is 0 Å². The van der Waals surface area contributed by atoms with Crippen molar-refractivity contribution in [3.63, 3.8) is 0 Å². The lowest BCUT2D eigenvalue weighted by Gasteiger charge is -2.32. The van der Waals surface area contributed by atoms with Gasteiger partial charge in [-0.2, -0.15) is 0 Å². The summed E-state index contributed by atoms with van der Waals surface area (Å²) < 4.78 is 39.1. The Morgan fingerprint density at radius 2 is 1.95 bits per heavy atom. The number of carbonyl (C=O) groups excluding carboxylic acids is 1. The number of benzene rings is 1. The van der Waals surface area contributed by atoms with Crippen molar-refractivity contribution in [3.05, 3.63) is 35.1 Å². The fourth-order valence-corrected chi connectivity index (χ4v) is 2.44. The number of carbonyl (C=O) groups is 1. The molecule has 0 saturated carbocycles. The van der Waals surface area contributed by atoms with Gasteiger partial charge >= 0.3 is 0 Å². The second kappa shape index (κ2) is 5.63. The van der Waals surface area contributed by atoms with Gasteiger partial charge in [-0.15, -0.1) is 0 Å². The molecule has 1 saturated heterocycles. The van der Waals surface area contributed by atoms with E-state index in [1.807, 2.05) is 0 Å². The third-order valence-electron chi connectivity index (χ3n) is 3.61. The molecule has 1 heterocycles. The Bertz CT molecular complexity index is 467. The molecule has 1 atom stereocenters. The van der Waals surface area contributed by atoms with E-state index in [4.69, 9.17) is 0 Å². The quantitative estimate of drug-likeness (QED) is 0.755. The van der Waals surface area contributed by atoms with Crippen molar-refractivity contribution in [2.75, 3.05) is 13.1 Å². The molecule has 1 aromatic rings. The van der Waals surface area contributed by atoms with Gasteiger partial charge in [-0.1, -0.05) is 13.3 Å². The Morgan fingerprint density at radius 3 is 2.53 bits per heavy atom. The molecular formula is C14H16F3NO. The number of piperidine rings is 1. The van der Waals surface area contributed by atoms with Crippen LogP contribution in [0, 0.1) is 23.4 Å². The van der Waals surface area contributed by atoms with Crippen molar-refractivity contribution in [1.82, 2.24) is 4.90 Å². The first kappa shape index (κ1) is 13.9. The van der Waals surface area contributed by atoms with Crippen LogP contribution in [0.2, 0.25) is 0 Å². The molecule has 1 aliphatic rings. The molecule has 0 bridgehead atoms. The summed E-state index contributed by atoms with van der Waals surface area (Å²) in [6.07, 6.45) is 2.92. The highest BCUT2D eigenvalue weighted by molar-refractivity contribution is 5.94. The molecule has 0 aromatic heterocycles. The zero-order chi connectivity index (χ0) is 14.0. The van der Waals surface area contributed by atoms with Gasteiger partial charge in [0.2, 0.25) is 0 Å². The second-order valence-corrected chi connectivity index (χ2v) is 4.92. The summed E-state index contributed by atoms with van der Waals surface area (Å²) in [5.41, 5.74) is -0.131. The summed E-state index contributed by atoms with van der Waals surface area (Å²) in [5, 5.41) is 0. The van der Waals surface area contributed by atoms with Gasteiger partial charge in [-0.3, -0.25) is 4.79 Å². The number of nitrogens with zero attached hydrogens (tertiary/aromatic N) is 1. The van der Waals surface area contributed by atoms with Gasteiger partial charge < -0.3 is 4.90 Å². The lowest BCUT2D eigenvalue weighted by Crippen LogP contribution is -2.39. The third kappa shape index (κ3) is 2.91. The highest BCUT2D eigenvalue weighted by Crippen LogP contribution is 2.22. The monoisotopic (exact) mass is 271 g/mol. The standard InChI is InChI=1S/C14H16F3NO/c1-2-9-4-3-5-18(8-9)14(19)10-6-11(15)13(17)12(16)7-10/h6-7,9H,2-5,8H2,1H3. The first-order valence-electron chi connectivity index (χ1n) is 6.46.